The van der Waals surface area contributed by atoms with Gasteiger partial charge in [-0.2, -0.15) is 5.10 Å². The SMILES string of the molecule is CCn1nccc1C(N)c1cc(Cl)ccc1I. The standard InChI is InChI=1S/C12H13ClIN3/c1-2-17-11(5-6-16-17)12(15)9-7-8(13)3-4-10(9)14/h3-7,12H,2,15H2,1H3. The molecule has 0 aliphatic carbocycles. The number of nitrogens with two attached hydrogens (primary N) is 1. The van der Waals surface area contributed by atoms with Gasteiger partial charge in [-0.25, -0.2) is 0 Å². The number of benzene rings is 1. The summed E-state index contributed by atoms with van der Waals surface area (Å²) in [5.41, 5.74) is 8.33. The van der Waals surface area contributed by atoms with Crippen LogP contribution in [0.1, 0.15) is 24.2 Å². The molecule has 1 atom stereocenters. The van der Waals surface area contributed by atoms with Crippen molar-refractivity contribution in [2.75, 3.05) is 0 Å². The monoisotopic (exact) mass is 361 g/mol. The molecule has 0 saturated carbocycles. The molecule has 0 aliphatic heterocycles. The molecule has 0 spiro atoms. The Balaban J connectivity index is 2.43. The van der Waals surface area contributed by atoms with Gasteiger partial charge < -0.3 is 5.73 Å². The Hall–Kier alpha value is -0.590. The Kier molecular flexibility index (Phi) is 4.06. The number of nitrogens with zero attached hydrogens (tertiary/aromatic N) is 2. The number of hydrogen-bond acceptors (Lipinski definition) is 2. The minimum atomic E-state index is -0.192. The maximum Gasteiger partial charge on any atom is 0.0734 e. The van der Waals surface area contributed by atoms with E-state index in [1.807, 2.05) is 35.9 Å². The van der Waals surface area contributed by atoms with Gasteiger partial charge in [0, 0.05) is 21.3 Å². The van der Waals surface area contributed by atoms with Crippen molar-refractivity contribution in [3.63, 3.8) is 0 Å². The fraction of sp³-hybridized carbons (Fsp3) is 0.250. The molecule has 5 heteroatoms. The lowest BCUT2D eigenvalue weighted by Gasteiger charge is -2.15. The molecule has 2 rings (SSSR count). The van der Waals surface area contributed by atoms with E-state index in [-0.39, 0.29) is 6.04 Å². The third-order valence-corrected chi connectivity index (χ3v) is 3.88. The maximum absolute atomic E-state index is 6.28. The van der Waals surface area contributed by atoms with Crippen molar-refractivity contribution >= 4 is 34.2 Å². The minimum Gasteiger partial charge on any atom is -0.319 e. The van der Waals surface area contributed by atoms with Gasteiger partial charge in [0.2, 0.25) is 0 Å². The van der Waals surface area contributed by atoms with Crippen LogP contribution in [0.2, 0.25) is 5.02 Å². The Morgan fingerprint density at radius 1 is 1.47 bits per heavy atom. The van der Waals surface area contributed by atoms with Gasteiger partial charge in [0.25, 0.3) is 0 Å². The predicted octanol–water partition coefficient (Wildman–Crippen LogP) is 3.21. The zero-order valence-electron chi connectivity index (χ0n) is 9.40. The van der Waals surface area contributed by atoms with Gasteiger partial charge in [0.15, 0.2) is 0 Å². The first-order chi connectivity index (χ1) is 8.13. The second kappa shape index (κ2) is 5.37. The highest BCUT2D eigenvalue weighted by Crippen LogP contribution is 2.26. The van der Waals surface area contributed by atoms with Crippen molar-refractivity contribution in [2.24, 2.45) is 5.73 Å². The first kappa shape index (κ1) is 12.9. The van der Waals surface area contributed by atoms with E-state index in [2.05, 4.69) is 27.7 Å². The Bertz CT molecular complexity index is 524. The van der Waals surface area contributed by atoms with Crippen LogP contribution in [0.15, 0.2) is 30.5 Å². The Labute approximate surface area is 119 Å². The van der Waals surface area contributed by atoms with E-state index in [0.717, 1.165) is 21.4 Å². The van der Waals surface area contributed by atoms with Crippen LogP contribution in [0, 0.1) is 3.57 Å². The van der Waals surface area contributed by atoms with E-state index in [1.54, 1.807) is 6.20 Å². The van der Waals surface area contributed by atoms with Crippen molar-refractivity contribution in [1.82, 2.24) is 9.78 Å². The topological polar surface area (TPSA) is 43.8 Å². The highest BCUT2D eigenvalue weighted by Gasteiger charge is 2.16. The number of aryl methyl sites for hydroxylation is 1. The molecule has 1 aromatic carbocycles. The molecule has 1 aromatic heterocycles. The van der Waals surface area contributed by atoms with Crippen LogP contribution in [-0.4, -0.2) is 9.78 Å². The van der Waals surface area contributed by atoms with Gasteiger partial charge in [0.05, 0.1) is 11.7 Å². The Morgan fingerprint density at radius 3 is 2.94 bits per heavy atom. The average molecular weight is 362 g/mol. The lowest BCUT2D eigenvalue weighted by atomic mass is 10.0. The zero-order valence-corrected chi connectivity index (χ0v) is 12.3. The molecule has 90 valence electrons. The van der Waals surface area contributed by atoms with Gasteiger partial charge >= 0.3 is 0 Å². The Morgan fingerprint density at radius 2 is 2.24 bits per heavy atom. The maximum atomic E-state index is 6.28. The lowest BCUT2D eigenvalue weighted by Crippen LogP contribution is -2.18. The first-order valence-electron chi connectivity index (χ1n) is 5.35. The van der Waals surface area contributed by atoms with E-state index < -0.39 is 0 Å². The van der Waals surface area contributed by atoms with E-state index in [1.165, 1.54) is 0 Å². The molecule has 0 radical (unpaired) electrons. The predicted molar refractivity (Wildman–Crippen MR) is 78.1 cm³/mol. The van der Waals surface area contributed by atoms with Crippen molar-refractivity contribution in [1.29, 1.82) is 0 Å². The normalized spacial score (nSPS) is 12.7. The average Bonchev–Trinajstić information content (AvgIpc) is 2.79. The summed E-state index contributed by atoms with van der Waals surface area (Å²) in [6.07, 6.45) is 1.77. The summed E-state index contributed by atoms with van der Waals surface area (Å²) in [5, 5.41) is 4.94. The van der Waals surface area contributed by atoms with Crippen molar-refractivity contribution in [2.45, 2.75) is 19.5 Å². The van der Waals surface area contributed by atoms with Crippen LogP contribution in [0.5, 0.6) is 0 Å². The van der Waals surface area contributed by atoms with Gasteiger partial charge in [-0.05, 0) is 59.3 Å². The minimum absolute atomic E-state index is 0.192. The highest BCUT2D eigenvalue weighted by molar-refractivity contribution is 14.1. The van der Waals surface area contributed by atoms with Crippen LogP contribution in [0.4, 0.5) is 0 Å². The van der Waals surface area contributed by atoms with Crippen LogP contribution < -0.4 is 5.73 Å². The van der Waals surface area contributed by atoms with Gasteiger partial charge in [-0.15, -0.1) is 0 Å². The number of rotatable bonds is 3. The summed E-state index contributed by atoms with van der Waals surface area (Å²) >= 11 is 8.29. The van der Waals surface area contributed by atoms with Crippen molar-refractivity contribution in [3.05, 3.63) is 50.3 Å². The fourth-order valence-corrected chi connectivity index (χ4v) is 2.64. The molecule has 0 amide bonds. The van der Waals surface area contributed by atoms with Crippen LogP contribution >= 0.6 is 34.2 Å². The number of halogens is 2. The largest absolute Gasteiger partial charge is 0.319 e. The molecule has 0 aliphatic rings. The second-order valence-corrected chi connectivity index (χ2v) is 5.31. The summed E-state index contributed by atoms with van der Waals surface area (Å²) < 4.78 is 3.02. The highest BCUT2D eigenvalue weighted by atomic mass is 127. The van der Waals surface area contributed by atoms with E-state index in [9.17, 15) is 0 Å². The molecular weight excluding hydrogens is 349 g/mol. The van der Waals surface area contributed by atoms with Crippen molar-refractivity contribution in [3.8, 4) is 0 Å². The van der Waals surface area contributed by atoms with E-state index >= 15 is 0 Å². The third kappa shape index (κ3) is 2.64. The van der Waals surface area contributed by atoms with E-state index in [0.29, 0.717) is 5.02 Å². The molecular formula is C12H13ClIN3. The number of hydrogen-bond donors (Lipinski definition) is 1. The molecule has 1 unspecified atom stereocenters. The molecule has 2 aromatic rings. The lowest BCUT2D eigenvalue weighted by molar-refractivity contribution is 0.600. The van der Waals surface area contributed by atoms with Crippen LogP contribution in [-0.2, 0) is 6.54 Å². The zero-order chi connectivity index (χ0) is 12.4. The van der Waals surface area contributed by atoms with Gasteiger partial charge in [-0.1, -0.05) is 11.6 Å². The summed E-state index contributed by atoms with van der Waals surface area (Å²) in [5.74, 6) is 0. The summed E-state index contributed by atoms with van der Waals surface area (Å²) in [7, 11) is 0. The van der Waals surface area contributed by atoms with Gasteiger partial charge in [0.1, 0.15) is 0 Å². The van der Waals surface area contributed by atoms with Crippen LogP contribution in [0.25, 0.3) is 0 Å². The van der Waals surface area contributed by atoms with Gasteiger partial charge in [-0.3, -0.25) is 4.68 Å². The molecule has 2 N–H and O–H groups in total. The third-order valence-electron chi connectivity index (χ3n) is 2.66. The summed E-state index contributed by atoms with van der Waals surface area (Å²) in [6, 6.07) is 7.52. The molecule has 1 heterocycles. The molecule has 17 heavy (non-hydrogen) atoms. The summed E-state index contributed by atoms with van der Waals surface area (Å²) in [6.45, 7) is 2.86. The molecule has 0 saturated heterocycles. The number of aromatic nitrogens is 2. The molecule has 0 bridgehead atoms. The van der Waals surface area contributed by atoms with Crippen LogP contribution in [0.3, 0.4) is 0 Å². The first-order valence-corrected chi connectivity index (χ1v) is 6.81. The fourth-order valence-electron chi connectivity index (χ4n) is 1.78. The molecule has 0 fully saturated rings. The quantitative estimate of drug-likeness (QED) is 0.853. The smallest absolute Gasteiger partial charge is 0.0734 e. The van der Waals surface area contributed by atoms with Crippen molar-refractivity contribution < 1.29 is 0 Å². The van der Waals surface area contributed by atoms with E-state index in [4.69, 9.17) is 17.3 Å². The second-order valence-electron chi connectivity index (χ2n) is 3.72. The molecule has 3 nitrogen and oxygen atoms in total. The summed E-state index contributed by atoms with van der Waals surface area (Å²) in [4.78, 5) is 0.